The molecule has 23 heavy (non-hydrogen) atoms. The molecule has 0 saturated heterocycles. The van der Waals surface area contributed by atoms with Gasteiger partial charge in [-0.25, -0.2) is 4.79 Å². The van der Waals surface area contributed by atoms with Gasteiger partial charge in [0.1, 0.15) is 5.69 Å². The standard InChI is InChI=1S/C18H24N2O3/c1-6-23-17(22)15-10-12-9-13(7-8-14(12)20(15)5)19-16(21)11-18(2,3)4/h7-10H,6,11H2,1-5H3,(H,19,21). The van der Waals surface area contributed by atoms with E-state index in [9.17, 15) is 9.59 Å². The van der Waals surface area contributed by atoms with Crippen molar-refractivity contribution in [3.8, 4) is 0 Å². The molecule has 0 atom stereocenters. The van der Waals surface area contributed by atoms with Crippen molar-refractivity contribution in [2.24, 2.45) is 12.5 Å². The van der Waals surface area contributed by atoms with Gasteiger partial charge in [0.25, 0.3) is 0 Å². The van der Waals surface area contributed by atoms with Crippen LogP contribution in [0.2, 0.25) is 0 Å². The zero-order chi connectivity index (χ0) is 17.2. The first kappa shape index (κ1) is 17.1. The van der Waals surface area contributed by atoms with Gasteiger partial charge in [0, 0.05) is 30.1 Å². The fourth-order valence-electron chi connectivity index (χ4n) is 2.51. The number of benzene rings is 1. The number of hydrogen-bond donors (Lipinski definition) is 1. The molecule has 0 saturated carbocycles. The summed E-state index contributed by atoms with van der Waals surface area (Å²) in [6.45, 7) is 8.20. The number of ether oxygens (including phenoxy) is 1. The van der Waals surface area contributed by atoms with Crippen LogP contribution in [0.5, 0.6) is 0 Å². The van der Waals surface area contributed by atoms with Gasteiger partial charge in [-0.2, -0.15) is 0 Å². The number of aromatic nitrogens is 1. The molecule has 124 valence electrons. The molecule has 0 spiro atoms. The number of anilines is 1. The van der Waals surface area contributed by atoms with Crippen molar-refractivity contribution in [2.75, 3.05) is 11.9 Å². The smallest absolute Gasteiger partial charge is 0.354 e. The maximum atomic E-state index is 12.0. The van der Waals surface area contributed by atoms with Crippen molar-refractivity contribution in [3.63, 3.8) is 0 Å². The molecule has 1 heterocycles. The Morgan fingerprint density at radius 2 is 1.91 bits per heavy atom. The Balaban J connectivity index is 2.25. The van der Waals surface area contributed by atoms with Gasteiger partial charge in [-0.15, -0.1) is 0 Å². The number of nitrogens with one attached hydrogen (secondary N) is 1. The van der Waals surface area contributed by atoms with Gasteiger partial charge in [-0.05, 0) is 36.6 Å². The Labute approximate surface area is 136 Å². The summed E-state index contributed by atoms with van der Waals surface area (Å²) in [5.74, 6) is -0.358. The summed E-state index contributed by atoms with van der Waals surface area (Å²) in [5, 5.41) is 3.80. The van der Waals surface area contributed by atoms with E-state index in [4.69, 9.17) is 4.74 Å². The fraction of sp³-hybridized carbons (Fsp3) is 0.444. The lowest BCUT2D eigenvalue weighted by Gasteiger charge is -2.17. The number of hydrogen-bond acceptors (Lipinski definition) is 3. The third-order valence-corrected chi connectivity index (χ3v) is 3.50. The number of fused-ring (bicyclic) bond motifs is 1. The number of aryl methyl sites for hydroxylation is 1. The van der Waals surface area contributed by atoms with Gasteiger partial charge in [0.2, 0.25) is 5.91 Å². The summed E-state index contributed by atoms with van der Waals surface area (Å²) < 4.78 is 6.86. The fourth-order valence-corrected chi connectivity index (χ4v) is 2.51. The Hall–Kier alpha value is -2.30. The van der Waals surface area contributed by atoms with Gasteiger partial charge in [0.05, 0.1) is 6.61 Å². The summed E-state index contributed by atoms with van der Waals surface area (Å²) in [4.78, 5) is 24.0. The third kappa shape index (κ3) is 4.12. The number of nitrogens with zero attached hydrogens (tertiary/aromatic N) is 1. The molecule has 1 amide bonds. The normalized spacial score (nSPS) is 11.5. The Morgan fingerprint density at radius 1 is 1.22 bits per heavy atom. The monoisotopic (exact) mass is 316 g/mol. The van der Waals surface area contributed by atoms with Crippen LogP contribution in [-0.2, 0) is 16.6 Å². The van der Waals surface area contributed by atoms with Crippen LogP contribution in [0.3, 0.4) is 0 Å². The Morgan fingerprint density at radius 3 is 2.52 bits per heavy atom. The van der Waals surface area contributed by atoms with Crippen molar-refractivity contribution in [1.82, 2.24) is 4.57 Å². The minimum Gasteiger partial charge on any atom is -0.461 e. The summed E-state index contributed by atoms with van der Waals surface area (Å²) >= 11 is 0. The minimum absolute atomic E-state index is 0.0154. The molecule has 0 aliphatic heterocycles. The summed E-state index contributed by atoms with van der Waals surface area (Å²) in [7, 11) is 1.83. The molecular weight excluding hydrogens is 292 g/mol. The van der Waals surface area contributed by atoms with E-state index >= 15 is 0 Å². The molecule has 1 N–H and O–H groups in total. The third-order valence-electron chi connectivity index (χ3n) is 3.50. The lowest BCUT2D eigenvalue weighted by atomic mass is 9.92. The second kappa shape index (κ2) is 6.44. The summed E-state index contributed by atoms with van der Waals surface area (Å²) in [6.07, 6.45) is 0.452. The first-order chi connectivity index (χ1) is 10.7. The highest BCUT2D eigenvalue weighted by Gasteiger charge is 2.17. The van der Waals surface area contributed by atoms with Crippen LogP contribution in [0.4, 0.5) is 5.69 Å². The predicted molar refractivity (Wildman–Crippen MR) is 91.6 cm³/mol. The first-order valence-corrected chi connectivity index (χ1v) is 7.78. The van der Waals surface area contributed by atoms with Crippen molar-refractivity contribution in [3.05, 3.63) is 30.0 Å². The van der Waals surface area contributed by atoms with Gasteiger partial charge in [-0.1, -0.05) is 20.8 Å². The average Bonchev–Trinajstić information content (AvgIpc) is 2.74. The van der Waals surface area contributed by atoms with E-state index in [1.807, 2.05) is 46.0 Å². The van der Waals surface area contributed by atoms with Gasteiger partial charge < -0.3 is 14.6 Å². The van der Waals surface area contributed by atoms with Crippen molar-refractivity contribution >= 4 is 28.5 Å². The second-order valence-electron chi connectivity index (χ2n) is 6.87. The largest absolute Gasteiger partial charge is 0.461 e. The van der Waals surface area contributed by atoms with Crippen LogP contribution in [0, 0.1) is 5.41 Å². The van der Waals surface area contributed by atoms with E-state index in [-0.39, 0.29) is 17.3 Å². The molecule has 0 aliphatic carbocycles. The molecule has 0 radical (unpaired) electrons. The number of rotatable bonds is 4. The zero-order valence-electron chi connectivity index (χ0n) is 14.4. The van der Waals surface area contributed by atoms with E-state index in [1.54, 1.807) is 17.6 Å². The van der Waals surface area contributed by atoms with Crippen LogP contribution in [0.25, 0.3) is 10.9 Å². The zero-order valence-corrected chi connectivity index (χ0v) is 14.4. The van der Waals surface area contributed by atoms with Crippen molar-refractivity contribution < 1.29 is 14.3 Å². The van der Waals surface area contributed by atoms with Crippen LogP contribution < -0.4 is 5.32 Å². The molecule has 1 aromatic heterocycles. The number of esters is 1. The van der Waals surface area contributed by atoms with Crippen LogP contribution in [-0.4, -0.2) is 23.1 Å². The van der Waals surface area contributed by atoms with Gasteiger partial charge >= 0.3 is 5.97 Å². The maximum absolute atomic E-state index is 12.0. The predicted octanol–water partition coefficient (Wildman–Crippen LogP) is 3.73. The van der Waals surface area contributed by atoms with E-state index in [0.717, 1.165) is 16.6 Å². The van der Waals surface area contributed by atoms with Crippen LogP contribution in [0.15, 0.2) is 24.3 Å². The van der Waals surface area contributed by atoms with E-state index in [1.165, 1.54) is 0 Å². The second-order valence-corrected chi connectivity index (χ2v) is 6.87. The summed E-state index contributed by atoms with van der Waals surface area (Å²) in [5.41, 5.74) is 2.09. The van der Waals surface area contributed by atoms with Crippen LogP contribution >= 0.6 is 0 Å². The number of amides is 1. The van der Waals surface area contributed by atoms with Gasteiger partial charge in [0.15, 0.2) is 0 Å². The van der Waals surface area contributed by atoms with Crippen LogP contribution in [0.1, 0.15) is 44.6 Å². The number of carbonyl (C=O) groups excluding carboxylic acids is 2. The molecule has 5 nitrogen and oxygen atoms in total. The lowest BCUT2D eigenvalue weighted by molar-refractivity contribution is -0.117. The molecule has 2 aromatic rings. The average molecular weight is 316 g/mol. The molecule has 0 aliphatic rings. The molecule has 0 bridgehead atoms. The summed E-state index contributed by atoms with van der Waals surface area (Å²) in [6, 6.07) is 7.40. The van der Waals surface area contributed by atoms with E-state index < -0.39 is 0 Å². The Bertz CT molecular complexity index is 739. The van der Waals surface area contributed by atoms with Crippen molar-refractivity contribution in [2.45, 2.75) is 34.1 Å². The first-order valence-electron chi connectivity index (χ1n) is 7.78. The molecular formula is C18H24N2O3. The minimum atomic E-state index is -0.343. The molecule has 1 aromatic carbocycles. The highest BCUT2D eigenvalue weighted by Crippen LogP contribution is 2.24. The highest BCUT2D eigenvalue weighted by molar-refractivity contribution is 5.98. The highest BCUT2D eigenvalue weighted by atomic mass is 16.5. The van der Waals surface area contributed by atoms with Gasteiger partial charge in [-0.3, -0.25) is 4.79 Å². The van der Waals surface area contributed by atoms with Crippen molar-refractivity contribution in [1.29, 1.82) is 0 Å². The molecule has 0 unspecified atom stereocenters. The quantitative estimate of drug-likeness (QED) is 0.874. The van der Waals surface area contributed by atoms with E-state index in [2.05, 4.69) is 5.32 Å². The SMILES string of the molecule is CCOC(=O)c1cc2cc(NC(=O)CC(C)(C)C)ccc2n1C. The number of carbonyl (C=O) groups is 2. The van der Waals surface area contributed by atoms with E-state index in [0.29, 0.717) is 18.7 Å². The molecule has 2 rings (SSSR count). The Kier molecular flexibility index (Phi) is 4.78. The molecule has 0 fully saturated rings. The lowest BCUT2D eigenvalue weighted by Crippen LogP contribution is -2.19. The topological polar surface area (TPSA) is 60.3 Å². The maximum Gasteiger partial charge on any atom is 0.354 e. The molecule has 5 heteroatoms.